The van der Waals surface area contributed by atoms with Crippen LogP contribution in [0, 0.1) is 6.92 Å². The Hall–Kier alpha value is -3.78. The van der Waals surface area contributed by atoms with Crippen LogP contribution in [0.3, 0.4) is 0 Å². The summed E-state index contributed by atoms with van der Waals surface area (Å²) < 4.78 is 22.3. The van der Waals surface area contributed by atoms with Crippen LogP contribution >= 0.6 is 0 Å². The van der Waals surface area contributed by atoms with E-state index in [4.69, 9.17) is 18.6 Å². The first-order valence-corrected chi connectivity index (χ1v) is 12.2. The van der Waals surface area contributed by atoms with Crippen LogP contribution < -0.4 is 9.47 Å². The average molecular weight is 491 g/mol. The molecule has 188 valence electrons. The first-order valence-electron chi connectivity index (χ1n) is 12.2. The number of hydrogen-bond acceptors (Lipinski definition) is 6. The third-order valence-corrected chi connectivity index (χ3v) is 6.53. The SMILES string of the molecule is Cc1ccccc1C(=O)N(CC(=O)N(Cc1ccc2c(c1)OCO2)Cc1ccco1)CC1CCCO1. The first kappa shape index (κ1) is 23.9. The average Bonchev–Trinajstić information content (AvgIpc) is 3.66. The Bertz CT molecular complexity index is 1200. The van der Waals surface area contributed by atoms with Gasteiger partial charge in [0, 0.05) is 25.3 Å². The Labute approximate surface area is 210 Å². The van der Waals surface area contributed by atoms with Crippen molar-refractivity contribution in [3.63, 3.8) is 0 Å². The minimum absolute atomic E-state index is 0.0573. The second-order valence-corrected chi connectivity index (χ2v) is 9.15. The molecule has 0 aliphatic carbocycles. The van der Waals surface area contributed by atoms with Crippen LogP contribution in [0.2, 0.25) is 0 Å². The molecule has 1 aromatic heterocycles. The fraction of sp³-hybridized carbons (Fsp3) is 0.357. The first-order chi connectivity index (χ1) is 17.6. The van der Waals surface area contributed by atoms with Gasteiger partial charge in [-0.05, 0) is 61.2 Å². The maximum atomic E-state index is 13.7. The van der Waals surface area contributed by atoms with Crippen LogP contribution in [0.5, 0.6) is 11.5 Å². The lowest BCUT2D eigenvalue weighted by molar-refractivity contribution is -0.133. The lowest BCUT2D eigenvalue weighted by Gasteiger charge is -2.29. The van der Waals surface area contributed by atoms with Crippen molar-refractivity contribution in [3.8, 4) is 11.5 Å². The molecule has 36 heavy (non-hydrogen) atoms. The third kappa shape index (κ3) is 5.54. The van der Waals surface area contributed by atoms with Gasteiger partial charge in [0.1, 0.15) is 12.3 Å². The normalized spacial score (nSPS) is 16.2. The molecule has 0 saturated carbocycles. The van der Waals surface area contributed by atoms with Gasteiger partial charge in [-0.3, -0.25) is 9.59 Å². The highest BCUT2D eigenvalue weighted by Gasteiger charge is 2.28. The molecule has 0 spiro atoms. The summed E-state index contributed by atoms with van der Waals surface area (Å²) in [5, 5.41) is 0. The van der Waals surface area contributed by atoms with Gasteiger partial charge in [0.05, 0.1) is 18.9 Å². The number of amides is 2. The molecule has 2 aliphatic rings. The van der Waals surface area contributed by atoms with E-state index in [-0.39, 0.29) is 37.8 Å². The zero-order chi connectivity index (χ0) is 24.9. The second-order valence-electron chi connectivity index (χ2n) is 9.15. The molecule has 2 aromatic carbocycles. The van der Waals surface area contributed by atoms with E-state index in [1.807, 2.05) is 49.4 Å². The number of ether oxygens (including phenoxy) is 3. The Balaban J connectivity index is 1.37. The van der Waals surface area contributed by atoms with Crippen LogP contribution in [0.4, 0.5) is 0 Å². The number of furan rings is 1. The van der Waals surface area contributed by atoms with Gasteiger partial charge in [0.2, 0.25) is 12.7 Å². The van der Waals surface area contributed by atoms with Crippen molar-refractivity contribution in [1.29, 1.82) is 0 Å². The van der Waals surface area contributed by atoms with E-state index in [1.165, 1.54) is 0 Å². The van der Waals surface area contributed by atoms with E-state index < -0.39 is 0 Å². The van der Waals surface area contributed by atoms with Crippen LogP contribution in [0.1, 0.15) is 40.1 Å². The minimum Gasteiger partial charge on any atom is -0.467 e. The number of hydrogen-bond donors (Lipinski definition) is 0. The summed E-state index contributed by atoms with van der Waals surface area (Å²) in [4.78, 5) is 30.6. The summed E-state index contributed by atoms with van der Waals surface area (Å²) in [5.74, 6) is 1.67. The molecule has 2 amide bonds. The van der Waals surface area contributed by atoms with Gasteiger partial charge in [0.15, 0.2) is 11.5 Å². The summed E-state index contributed by atoms with van der Waals surface area (Å²) in [7, 11) is 0. The van der Waals surface area contributed by atoms with Crippen molar-refractivity contribution < 1.29 is 28.2 Å². The van der Waals surface area contributed by atoms with E-state index in [9.17, 15) is 9.59 Å². The molecular formula is C28H30N2O6. The molecule has 0 bridgehead atoms. The smallest absolute Gasteiger partial charge is 0.254 e. The largest absolute Gasteiger partial charge is 0.467 e. The monoisotopic (exact) mass is 490 g/mol. The predicted octanol–water partition coefficient (Wildman–Crippen LogP) is 4.17. The summed E-state index contributed by atoms with van der Waals surface area (Å²) in [6.07, 6.45) is 3.35. The number of carbonyl (C=O) groups is 2. The van der Waals surface area contributed by atoms with Gasteiger partial charge < -0.3 is 28.4 Å². The highest BCUT2D eigenvalue weighted by Crippen LogP contribution is 2.33. The molecule has 1 atom stereocenters. The molecule has 3 heterocycles. The number of aryl methyl sites for hydroxylation is 1. The molecule has 8 heteroatoms. The number of rotatable bonds is 9. The topological polar surface area (TPSA) is 81.5 Å². The maximum Gasteiger partial charge on any atom is 0.254 e. The lowest BCUT2D eigenvalue weighted by atomic mass is 10.1. The zero-order valence-electron chi connectivity index (χ0n) is 20.4. The third-order valence-electron chi connectivity index (χ3n) is 6.53. The van der Waals surface area contributed by atoms with E-state index in [1.54, 1.807) is 28.2 Å². The molecule has 1 saturated heterocycles. The molecule has 0 radical (unpaired) electrons. The van der Waals surface area contributed by atoms with Crippen molar-refractivity contribution in [2.45, 2.75) is 39.0 Å². The zero-order valence-corrected chi connectivity index (χ0v) is 20.4. The van der Waals surface area contributed by atoms with Gasteiger partial charge in [-0.2, -0.15) is 0 Å². The summed E-state index contributed by atoms with van der Waals surface area (Å²) in [6, 6.07) is 16.7. The van der Waals surface area contributed by atoms with Crippen molar-refractivity contribution in [2.75, 3.05) is 26.5 Å². The van der Waals surface area contributed by atoms with E-state index in [0.29, 0.717) is 42.5 Å². The van der Waals surface area contributed by atoms with Crippen LogP contribution in [0.15, 0.2) is 65.3 Å². The van der Waals surface area contributed by atoms with Crippen LogP contribution in [-0.2, 0) is 22.6 Å². The fourth-order valence-corrected chi connectivity index (χ4v) is 4.58. The highest BCUT2D eigenvalue weighted by atomic mass is 16.7. The highest BCUT2D eigenvalue weighted by molar-refractivity contribution is 5.97. The summed E-state index contributed by atoms with van der Waals surface area (Å²) in [6.45, 7) is 3.71. The second kappa shape index (κ2) is 10.9. The van der Waals surface area contributed by atoms with E-state index in [0.717, 1.165) is 24.0 Å². The number of benzene rings is 2. The van der Waals surface area contributed by atoms with Gasteiger partial charge in [-0.1, -0.05) is 24.3 Å². The molecule has 0 N–H and O–H groups in total. The van der Waals surface area contributed by atoms with Gasteiger partial charge in [-0.15, -0.1) is 0 Å². The quantitative estimate of drug-likeness (QED) is 0.448. The molecule has 2 aliphatic heterocycles. The number of nitrogens with zero attached hydrogens (tertiary/aromatic N) is 2. The minimum atomic E-state index is -0.177. The van der Waals surface area contributed by atoms with Gasteiger partial charge in [0.25, 0.3) is 5.91 Å². The summed E-state index contributed by atoms with van der Waals surface area (Å²) >= 11 is 0. The Morgan fingerprint density at radius 1 is 0.972 bits per heavy atom. The molecule has 1 fully saturated rings. The van der Waals surface area contributed by atoms with E-state index in [2.05, 4.69) is 0 Å². The number of fused-ring (bicyclic) bond motifs is 1. The van der Waals surface area contributed by atoms with Crippen molar-refractivity contribution in [2.24, 2.45) is 0 Å². The van der Waals surface area contributed by atoms with Gasteiger partial charge in [-0.25, -0.2) is 0 Å². The molecular weight excluding hydrogens is 460 g/mol. The molecule has 5 rings (SSSR count). The van der Waals surface area contributed by atoms with Crippen molar-refractivity contribution in [3.05, 3.63) is 83.3 Å². The van der Waals surface area contributed by atoms with Crippen LogP contribution in [-0.4, -0.2) is 54.2 Å². The maximum absolute atomic E-state index is 13.7. The standard InChI is InChI=1S/C28H30N2O6/c1-20-6-2-3-9-24(20)28(32)30(17-23-8-5-13-34-23)18-27(31)29(16-22-7-4-12-33-22)15-21-10-11-25-26(14-21)36-19-35-25/h2-4,6-7,9-12,14,23H,5,8,13,15-19H2,1H3. The predicted molar refractivity (Wildman–Crippen MR) is 132 cm³/mol. The Morgan fingerprint density at radius 3 is 2.61 bits per heavy atom. The Kier molecular flexibility index (Phi) is 7.23. The van der Waals surface area contributed by atoms with Crippen molar-refractivity contribution >= 4 is 11.8 Å². The fourth-order valence-electron chi connectivity index (χ4n) is 4.58. The van der Waals surface area contributed by atoms with Crippen LogP contribution in [0.25, 0.3) is 0 Å². The molecule has 8 nitrogen and oxygen atoms in total. The van der Waals surface area contributed by atoms with E-state index >= 15 is 0 Å². The van der Waals surface area contributed by atoms with Crippen molar-refractivity contribution in [1.82, 2.24) is 9.80 Å². The Morgan fingerprint density at radius 2 is 1.83 bits per heavy atom. The molecule has 3 aromatic rings. The lowest BCUT2D eigenvalue weighted by Crippen LogP contribution is -2.45. The summed E-state index contributed by atoms with van der Waals surface area (Å²) in [5.41, 5.74) is 2.37. The van der Waals surface area contributed by atoms with Gasteiger partial charge >= 0.3 is 0 Å². The molecule has 1 unspecified atom stereocenters. The number of carbonyl (C=O) groups excluding carboxylic acids is 2.